The second kappa shape index (κ2) is 11.1. The number of nitrogens with zero attached hydrogens (tertiary/aromatic N) is 5. The van der Waals surface area contributed by atoms with E-state index >= 15 is 0 Å². The number of thiophene rings is 1. The molecule has 0 aliphatic carbocycles. The number of H-pyrrole nitrogens is 1. The molecule has 0 spiro atoms. The number of hydrogen-bond acceptors (Lipinski definition) is 6. The van der Waals surface area contributed by atoms with Gasteiger partial charge in [0.1, 0.15) is 5.82 Å². The first-order chi connectivity index (χ1) is 18.0. The summed E-state index contributed by atoms with van der Waals surface area (Å²) in [6.45, 7) is 5.76. The maximum absolute atomic E-state index is 13.4. The second-order valence-electron chi connectivity index (χ2n) is 9.13. The van der Waals surface area contributed by atoms with Gasteiger partial charge in [0.2, 0.25) is 0 Å². The Morgan fingerprint density at radius 3 is 2.59 bits per heavy atom. The van der Waals surface area contributed by atoms with Crippen LogP contribution in [0.5, 0.6) is 0 Å². The lowest BCUT2D eigenvalue weighted by atomic mass is 10.1. The van der Waals surface area contributed by atoms with Crippen LogP contribution < -0.4 is 5.56 Å². The molecular formula is C28H29FN6OS. The highest BCUT2D eigenvalue weighted by Gasteiger charge is 2.26. The summed E-state index contributed by atoms with van der Waals surface area (Å²) >= 11 is 1.69. The Balaban J connectivity index is 1.50. The summed E-state index contributed by atoms with van der Waals surface area (Å²) in [5.41, 5.74) is 3.59. The molecule has 5 aromatic rings. The third-order valence-corrected chi connectivity index (χ3v) is 7.50. The van der Waals surface area contributed by atoms with Crippen molar-refractivity contribution in [1.29, 1.82) is 0 Å². The van der Waals surface area contributed by atoms with E-state index in [1.54, 1.807) is 28.2 Å². The van der Waals surface area contributed by atoms with E-state index < -0.39 is 0 Å². The number of aryl methyl sites for hydroxylation is 1. The van der Waals surface area contributed by atoms with Crippen molar-refractivity contribution in [2.75, 3.05) is 0 Å². The Morgan fingerprint density at radius 2 is 1.86 bits per heavy atom. The smallest absolute Gasteiger partial charge is 0.252 e. The van der Waals surface area contributed by atoms with E-state index in [9.17, 15) is 9.18 Å². The summed E-state index contributed by atoms with van der Waals surface area (Å²) in [5.74, 6) is 0.440. The first kappa shape index (κ1) is 25.0. The fourth-order valence-corrected chi connectivity index (χ4v) is 5.40. The predicted molar refractivity (Wildman–Crippen MR) is 144 cm³/mol. The van der Waals surface area contributed by atoms with Crippen LogP contribution in [0.3, 0.4) is 0 Å². The van der Waals surface area contributed by atoms with Crippen LogP contribution in [-0.4, -0.2) is 30.1 Å². The fraction of sp³-hybridized carbons (Fsp3) is 0.286. The minimum atomic E-state index is -0.277. The standard InChI is InChI=1S/C28H29FN6OS/c1-3-19-9-12-25-21(14-19)15-22(28(36)30-25)17-34(18-24-6-5-13-37-24)26(4-2)27-31-32-33-35(27)16-20-7-10-23(29)11-8-20/h5-15,26H,3-4,16-18H2,1-2H3,(H,30,36). The second-order valence-corrected chi connectivity index (χ2v) is 10.2. The van der Waals surface area contributed by atoms with E-state index in [0.29, 0.717) is 31.0 Å². The topological polar surface area (TPSA) is 79.7 Å². The lowest BCUT2D eigenvalue weighted by molar-refractivity contribution is 0.163. The molecule has 9 heteroatoms. The zero-order valence-electron chi connectivity index (χ0n) is 20.9. The highest BCUT2D eigenvalue weighted by molar-refractivity contribution is 7.09. The normalized spacial score (nSPS) is 12.4. The van der Waals surface area contributed by atoms with E-state index in [2.05, 4.69) is 62.8 Å². The van der Waals surface area contributed by atoms with Gasteiger partial charge in [0.05, 0.1) is 12.6 Å². The van der Waals surface area contributed by atoms with Crippen LogP contribution in [0.15, 0.2) is 70.8 Å². The van der Waals surface area contributed by atoms with Gasteiger partial charge in [0.15, 0.2) is 5.82 Å². The molecule has 1 N–H and O–H groups in total. The van der Waals surface area contributed by atoms with Crippen molar-refractivity contribution >= 4 is 22.2 Å². The summed E-state index contributed by atoms with van der Waals surface area (Å²) in [7, 11) is 0. The highest BCUT2D eigenvalue weighted by atomic mass is 32.1. The third-order valence-electron chi connectivity index (χ3n) is 6.64. The summed E-state index contributed by atoms with van der Waals surface area (Å²) < 4.78 is 15.2. The Labute approximate surface area is 218 Å². The minimum absolute atomic E-state index is 0.0892. The van der Waals surface area contributed by atoms with Crippen LogP contribution in [0.4, 0.5) is 4.39 Å². The number of nitrogens with one attached hydrogen (secondary N) is 1. The molecule has 5 rings (SSSR count). The zero-order valence-corrected chi connectivity index (χ0v) is 21.7. The Kier molecular flexibility index (Phi) is 7.52. The van der Waals surface area contributed by atoms with Crippen molar-refractivity contribution in [2.45, 2.75) is 52.4 Å². The van der Waals surface area contributed by atoms with Gasteiger partial charge >= 0.3 is 0 Å². The molecule has 190 valence electrons. The molecular weight excluding hydrogens is 487 g/mol. The van der Waals surface area contributed by atoms with Gasteiger partial charge in [-0.3, -0.25) is 9.69 Å². The molecule has 0 aliphatic rings. The van der Waals surface area contributed by atoms with Crippen LogP contribution in [0.25, 0.3) is 10.9 Å². The van der Waals surface area contributed by atoms with E-state index in [1.807, 2.05) is 18.2 Å². The van der Waals surface area contributed by atoms with Gasteiger partial charge in [-0.2, -0.15) is 0 Å². The van der Waals surface area contributed by atoms with Crippen LogP contribution in [0, 0.1) is 5.82 Å². The van der Waals surface area contributed by atoms with Gasteiger partial charge in [-0.15, -0.1) is 16.4 Å². The molecule has 1 unspecified atom stereocenters. The number of halogens is 1. The number of aromatic nitrogens is 5. The molecule has 2 aromatic carbocycles. The fourth-order valence-electron chi connectivity index (χ4n) is 4.67. The molecule has 7 nitrogen and oxygen atoms in total. The molecule has 0 fully saturated rings. The number of pyridine rings is 1. The predicted octanol–water partition coefficient (Wildman–Crippen LogP) is 5.48. The number of rotatable bonds is 10. The average Bonchev–Trinajstić information content (AvgIpc) is 3.58. The quantitative estimate of drug-likeness (QED) is 0.266. The van der Waals surface area contributed by atoms with Crippen molar-refractivity contribution in [3.8, 4) is 0 Å². The third kappa shape index (κ3) is 5.68. The van der Waals surface area contributed by atoms with Crippen molar-refractivity contribution in [3.63, 3.8) is 0 Å². The summed E-state index contributed by atoms with van der Waals surface area (Å²) in [6, 6.07) is 18.5. The maximum atomic E-state index is 13.4. The number of aromatic amines is 1. The van der Waals surface area contributed by atoms with Crippen LogP contribution in [-0.2, 0) is 26.1 Å². The highest BCUT2D eigenvalue weighted by Crippen LogP contribution is 2.28. The van der Waals surface area contributed by atoms with E-state index in [0.717, 1.165) is 29.3 Å². The minimum Gasteiger partial charge on any atom is -0.322 e. The summed E-state index contributed by atoms with van der Waals surface area (Å²) in [6.07, 6.45) is 1.68. The Bertz CT molecular complexity index is 1530. The van der Waals surface area contributed by atoms with Gasteiger partial charge in [0.25, 0.3) is 5.56 Å². The summed E-state index contributed by atoms with van der Waals surface area (Å²) in [5, 5.41) is 15.7. The van der Waals surface area contributed by atoms with Crippen LogP contribution >= 0.6 is 11.3 Å². The average molecular weight is 517 g/mol. The molecule has 37 heavy (non-hydrogen) atoms. The molecule has 0 aliphatic heterocycles. The lowest BCUT2D eigenvalue weighted by Crippen LogP contribution is -2.32. The van der Waals surface area contributed by atoms with Gasteiger partial charge in [-0.05, 0) is 81.6 Å². The number of hydrogen-bond donors (Lipinski definition) is 1. The monoisotopic (exact) mass is 516 g/mol. The van der Waals surface area contributed by atoms with Crippen molar-refractivity contribution in [2.24, 2.45) is 0 Å². The summed E-state index contributed by atoms with van der Waals surface area (Å²) in [4.78, 5) is 19.6. The van der Waals surface area contributed by atoms with Crippen molar-refractivity contribution in [3.05, 3.63) is 110 Å². The van der Waals surface area contributed by atoms with Gasteiger partial charge in [-0.25, -0.2) is 9.07 Å². The van der Waals surface area contributed by atoms with Gasteiger partial charge in [0, 0.05) is 29.0 Å². The van der Waals surface area contributed by atoms with Crippen LogP contribution in [0.2, 0.25) is 0 Å². The van der Waals surface area contributed by atoms with E-state index in [4.69, 9.17) is 0 Å². The molecule has 0 saturated heterocycles. The molecule has 0 radical (unpaired) electrons. The van der Waals surface area contributed by atoms with Crippen molar-refractivity contribution < 1.29 is 4.39 Å². The lowest BCUT2D eigenvalue weighted by Gasteiger charge is -2.30. The molecule has 1 atom stereocenters. The Morgan fingerprint density at radius 1 is 1.05 bits per heavy atom. The van der Waals surface area contributed by atoms with E-state index in [1.165, 1.54) is 22.6 Å². The molecule has 0 amide bonds. The SMILES string of the molecule is CCc1ccc2[nH]c(=O)c(CN(Cc3cccs3)C(CC)c3nnnn3Cc3ccc(F)cc3)cc2c1. The van der Waals surface area contributed by atoms with Gasteiger partial charge in [-0.1, -0.05) is 38.1 Å². The maximum Gasteiger partial charge on any atom is 0.252 e. The van der Waals surface area contributed by atoms with Crippen molar-refractivity contribution in [1.82, 2.24) is 30.1 Å². The number of tetrazole rings is 1. The Hall–Kier alpha value is -3.69. The first-order valence-electron chi connectivity index (χ1n) is 12.5. The largest absolute Gasteiger partial charge is 0.322 e. The molecule has 0 saturated carbocycles. The molecule has 3 heterocycles. The van der Waals surface area contributed by atoms with Gasteiger partial charge < -0.3 is 4.98 Å². The van der Waals surface area contributed by atoms with Crippen LogP contribution in [0.1, 0.15) is 53.7 Å². The zero-order chi connectivity index (χ0) is 25.8. The van der Waals surface area contributed by atoms with E-state index in [-0.39, 0.29) is 17.4 Å². The number of benzene rings is 2. The number of fused-ring (bicyclic) bond motifs is 1. The molecule has 3 aromatic heterocycles. The first-order valence-corrected chi connectivity index (χ1v) is 13.3. The molecule has 0 bridgehead atoms.